The Balaban J connectivity index is 1.75. The largest absolute Gasteiger partial charge is 0.393 e. The predicted octanol–water partition coefficient (Wildman–Crippen LogP) is 3.26. The Hall–Kier alpha value is -2.24. The van der Waals surface area contributed by atoms with Crippen LogP contribution in [-0.2, 0) is 19.2 Å². The number of hydrogen-bond donors (Lipinski definition) is 5. The number of primary amides is 1. The molecule has 6 N–H and O–H groups in total. The number of nitrogens with zero attached hydrogens (tertiary/aromatic N) is 2. The molecule has 11 nitrogen and oxygen atoms in total. The van der Waals surface area contributed by atoms with Crippen molar-refractivity contribution in [3.63, 3.8) is 0 Å². The van der Waals surface area contributed by atoms with Crippen LogP contribution in [0.3, 0.4) is 0 Å². The van der Waals surface area contributed by atoms with Crippen molar-refractivity contribution < 1.29 is 29.4 Å². The molecule has 11 heteroatoms. The van der Waals surface area contributed by atoms with E-state index in [1.165, 1.54) is 0 Å². The quantitative estimate of drug-likeness (QED) is 0.151. The third kappa shape index (κ3) is 11.8. The first kappa shape index (κ1) is 38.2. The average molecular weight is 650 g/mol. The van der Waals surface area contributed by atoms with Crippen LogP contribution in [-0.4, -0.2) is 88.2 Å². The van der Waals surface area contributed by atoms with E-state index in [1.807, 2.05) is 25.7 Å². The first-order valence-electron chi connectivity index (χ1n) is 18.4. The Morgan fingerprint density at radius 1 is 0.761 bits per heavy atom. The number of hydrogen-bond acceptors (Lipinski definition) is 7. The maximum atomic E-state index is 13.9. The van der Waals surface area contributed by atoms with E-state index in [9.17, 15) is 29.4 Å². The fourth-order valence-electron chi connectivity index (χ4n) is 7.88. The van der Waals surface area contributed by atoms with Crippen LogP contribution in [0.15, 0.2) is 0 Å². The summed E-state index contributed by atoms with van der Waals surface area (Å²) in [4.78, 5) is 54.8. The Kier molecular flexibility index (Phi) is 16.2. The molecule has 4 amide bonds. The van der Waals surface area contributed by atoms with Gasteiger partial charge in [-0.25, -0.2) is 5.01 Å². The topological polar surface area (TPSA) is 165 Å². The number of rotatable bonds is 17. The molecule has 0 radical (unpaired) electrons. The zero-order valence-corrected chi connectivity index (χ0v) is 28.8. The molecule has 5 atom stereocenters. The number of carbonyl (C=O) groups is 4. The summed E-state index contributed by atoms with van der Waals surface area (Å²) < 4.78 is 0. The third-order valence-electron chi connectivity index (χ3n) is 10.5. The molecule has 3 rings (SSSR count). The summed E-state index contributed by atoms with van der Waals surface area (Å²) in [5.74, 6) is -2.17. The van der Waals surface area contributed by atoms with E-state index >= 15 is 0 Å². The van der Waals surface area contributed by atoms with Gasteiger partial charge >= 0.3 is 0 Å². The second-order valence-corrected chi connectivity index (χ2v) is 14.4. The van der Waals surface area contributed by atoms with Gasteiger partial charge in [0, 0.05) is 49.9 Å². The fraction of sp³-hybridized carbons (Fsp3) is 0.886. The lowest BCUT2D eigenvalue weighted by atomic mass is 9.73. The fourth-order valence-corrected chi connectivity index (χ4v) is 7.88. The number of hydrazine groups is 1. The van der Waals surface area contributed by atoms with Gasteiger partial charge in [-0.15, -0.1) is 0 Å². The molecule has 0 spiro atoms. The van der Waals surface area contributed by atoms with Crippen LogP contribution in [0.2, 0.25) is 0 Å². The van der Waals surface area contributed by atoms with Gasteiger partial charge in [0.25, 0.3) is 0 Å². The van der Waals surface area contributed by atoms with Crippen molar-refractivity contribution in [2.24, 2.45) is 35.3 Å². The van der Waals surface area contributed by atoms with Crippen LogP contribution in [0.25, 0.3) is 0 Å². The minimum absolute atomic E-state index is 0.00204. The summed E-state index contributed by atoms with van der Waals surface area (Å²) in [6.07, 6.45) is 10.7. The van der Waals surface area contributed by atoms with Crippen LogP contribution in [0, 0.1) is 29.6 Å². The summed E-state index contributed by atoms with van der Waals surface area (Å²) in [7, 11) is 0. The van der Waals surface area contributed by atoms with E-state index in [-0.39, 0.29) is 48.6 Å². The molecule has 3 aliphatic carbocycles. The summed E-state index contributed by atoms with van der Waals surface area (Å²) >= 11 is 0. The predicted molar refractivity (Wildman–Crippen MR) is 178 cm³/mol. The number of nitrogens with two attached hydrogens (primary N) is 1. The summed E-state index contributed by atoms with van der Waals surface area (Å²) in [6, 6.07) is -0.585. The standard InChI is InChI=1S/C35H63N5O6/c1-4-16-39(17-5-2)35(46)28-21-26(32(36)43)20-27(22-28)33(44)37-30(19-24-12-14-29(41)15-13-24)31(42)23-40(18-6-3)38-34(45)25-10-8-7-9-11-25/h24-31,41-42H,4-23H2,1-3H3,(H2,36,43)(H,37,44)(H,38,45). The van der Waals surface area contributed by atoms with Crippen molar-refractivity contribution in [3.8, 4) is 0 Å². The van der Waals surface area contributed by atoms with Gasteiger partial charge in [-0.05, 0) is 89.4 Å². The molecule has 0 aromatic rings. The Morgan fingerprint density at radius 3 is 1.93 bits per heavy atom. The second-order valence-electron chi connectivity index (χ2n) is 14.4. The van der Waals surface area contributed by atoms with Crippen molar-refractivity contribution in [1.29, 1.82) is 0 Å². The molecule has 0 aromatic carbocycles. The van der Waals surface area contributed by atoms with Crippen LogP contribution in [0.5, 0.6) is 0 Å². The van der Waals surface area contributed by atoms with E-state index in [0.717, 1.165) is 64.2 Å². The van der Waals surface area contributed by atoms with Crippen LogP contribution in [0.4, 0.5) is 0 Å². The molecule has 0 heterocycles. The first-order chi connectivity index (χ1) is 22.1. The number of aliphatic hydroxyl groups excluding tert-OH is 2. The zero-order valence-electron chi connectivity index (χ0n) is 28.8. The maximum absolute atomic E-state index is 13.9. The van der Waals surface area contributed by atoms with Crippen molar-refractivity contribution >= 4 is 23.6 Å². The van der Waals surface area contributed by atoms with E-state index in [4.69, 9.17) is 5.73 Å². The Labute approximate surface area is 276 Å². The normalized spacial score (nSPS) is 27.0. The summed E-state index contributed by atoms with van der Waals surface area (Å²) in [5.41, 5.74) is 8.81. The number of carbonyl (C=O) groups excluding carboxylic acids is 4. The molecular weight excluding hydrogens is 586 g/mol. The second kappa shape index (κ2) is 19.5. The molecule has 0 bridgehead atoms. The molecule has 3 aliphatic rings. The molecule has 0 aliphatic heterocycles. The van der Waals surface area contributed by atoms with Gasteiger partial charge in [-0.2, -0.15) is 0 Å². The lowest BCUT2D eigenvalue weighted by Crippen LogP contribution is -2.55. The molecule has 0 saturated heterocycles. The van der Waals surface area contributed by atoms with Crippen molar-refractivity contribution in [2.75, 3.05) is 26.2 Å². The molecule has 0 aromatic heterocycles. The minimum atomic E-state index is -0.952. The van der Waals surface area contributed by atoms with Gasteiger partial charge in [0.1, 0.15) is 0 Å². The van der Waals surface area contributed by atoms with Crippen LogP contribution < -0.4 is 16.5 Å². The van der Waals surface area contributed by atoms with Gasteiger partial charge in [0.15, 0.2) is 0 Å². The molecule has 46 heavy (non-hydrogen) atoms. The highest BCUT2D eigenvalue weighted by Crippen LogP contribution is 2.36. The molecule has 3 fully saturated rings. The number of amides is 4. The summed E-state index contributed by atoms with van der Waals surface area (Å²) in [5, 5.41) is 26.6. The van der Waals surface area contributed by atoms with Crippen molar-refractivity contribution in [2.45, 2.75) is 142 Å². The lowest BCUT2D eigenvalue weighted by Gasteiger charge is -2.37. The van der Waals surface area contributed by atoms with E-state index in [2.05, 4.69) is 10.7 Å². The molecular formula is C35H63N5O6. The van der Waals surface area contributed by atoms with Crippen LogP contribution in [0.1, 0.15) is 124 Å². The smallest absolute Gasteiger partial charge is 0.237 e. The van der Waals surface area contributed by atoms with Gasteiger partial charge < -0.3 is 26.2 Å². The van der Waals surface area contributed by atoms with Crippen molar-refractivity contribution in [3.05, 3.63) is 0 Å². The average Bonchev–Trinajstić information content (AvgIpc) is 3.05. The lowest BCUT2D eigenvalue weighted by molar-refractivity contribution is -0.141. The van der Waals surface area contributed by atoms with Crippen molar-refractivity contribution in [1.82, 2.24) is 20.7 Å². The van der Waals surface area contributed by atoms with Gasteiger partial charge in [0.2, 0.25) is 23.6 Å². The molecule has 5 unspecified atom stereocenters. The SMILES string of the molecule is CCCN(CC(O)C(CC1CCC(O)CC1)NC(=O)C1CC(C(N)=O)CC(C(=O)N(CCC)CCC)C1)NC(=O)C1CCCCC1. The van der Waals surface area contributed by atoms with Crippen LogP contribution >= 0.6 is 0 Å². The Bertz CT molecular complexity index is 961. The van der Waals surface area contributed by atoms with Gasteiger partial charge in [-0.1, -0.05) is 40.0 Å². The minimum Gasteiger partial charge on any atom is -0.393 e. The third-order valence-corrected chi connectivity index (χ3v) is 10.5. The highest BCUT2D eigenvalue weighted by atomic mass is 16.3. The highest BCUT2D eigenvalue weighted by molar-refractivity contribution is 5.85. The molecule has 264 valence electrons. The van der Waals surface area contributed by atoms with E-state index < -0.39 is 35.8 Å². The Morgan fingerprint density at radius 2 is 1.35 bits per heavy atom. The zero-order chi connectivity index (χ0) is 33.6. The van der Waals surface area contributed by atoms with E-state index in [0.29, 0.717) is 51.7 Å². The monoisotopic (exact) mass is 649 g/mol. The van der Waals surface area contributed by atoms with E-state index in [1.54, 1.807) is 5.01 Å². The highest BCUT2D eigenvalue weighted by Gasteiger charge is 2.41. The first-order valence-corrected chi connectivity index (χ1v) is 18.4. The van der Waals surface area contributed by atoms with Gasteiger partial charge in [0.05, 0.1) is 18.2 Å². The summed E-state index contributed by atoms with van der Waals surface area (Å²) in [6.45, 7) is 8.10. The van der Waals surface area contributed by atoms with Gasteiger partial charge in [-0.3, -0.25) is 24.6 Å². The molecule has 3 saturated carbocycles. The number of nitrogens with one attached hydrogen (secondary N) is 2. The number of aliphatic hydroxyl groups is 2. The maximum Gasteiger partial charge on any atom is 0.237 e.